The van der Waals surface area contributed by atoms with Gasteiger partial charge in [0.25, 0.3) is 0 Å². The van der Waals surface area contributed by atoms with E-state index >= 15 is 0 Å². The van der Waals surface area contributed by atoms with Crippen LogP contribution >= 0.6 is 7.60 Å². The van der Waals surface area contributed by atoms with E-state index in [0.717, 1.165) is 5.56 Å². The van der Waals surface area contributed by atoms with Gasteiger partial charge >= 0.3 is 13.6 Å². The summed E-state index contributed by atoms with van der Waals surface area (Å²) in [6.07, 6.45) is 2.02. The number of carbonyl (C=O) groups excluding carboxylic acids is 1. The maximum atomic E-state index is 13.5. The Hall–Kier alpha value is -2.27. The maximum Gasteiger partial charge on any atom is 0.395 e. The zero-order chi connectivity index (χ0) is 20.4. The van der Waals surface area contributed by atoms with Crippen LogP contribution in [0.15, 0.2) is 66.2 Å². The Morgan fingerprint density at radius 1 is 1.07 bits per heavy atom. The fourth-order valence-electron chi connectivity index (χ4n) is 3.69. The Bertz CT molecular complexity index is 918. The van der Waals surface area contributed by atoms with Gasteiger partial charge in [-0.1, -0.05) is 49.4 Å². The first kappa shape index (κ1) is 20.5. The number of cyclic esters (lactones) is 1. The Labute approximate surface area is 163 Å². The maximum absolute atomic E-state index is 13.5. The minimum atomic E-state index is -3.76. The second-order valence-electron chi connectivity index (χ2n) is 6.48. The number of carbonyl (C=O) groups is 1. The minimum absolute atomic E-state index is 0.137. The number of halogens is 1. The molecule has 0 aromatic heterocycles. The number of ether oxygens (including phenoxy) is 1. The Morgan fingerprint density at radius 2 is 1.68 bits per heavy atom. The molecule has 0 fully saturated rings. The number of benzene rings is 2. The van der Waals surface area contributed by atoms with Crippen molar-refractivity contribution in [2.45, 2.75) is 24.7 Å². The summed E-state index contributed by atoms with van der Waals surface area (Å²) in [6.45, 7) is 1.87. The van der Waals surface area contributed by atoms with Gasteiger partial charge in [-0.3, -0.25) is 9.36 Å². The van der Waals surface area contributed by atoms with Crippen molar-refractivity contribution in [1.82, 2.24) is 0 Å². The van der Waals surface area contributed by atoms with Gasteiger partial charge in [-0.05, 0) is 35.8 Å². The van der Waals surface area contributed by atoms with E-state index in [1.165, 1.54) is 26.4 Å². The number of esters is 1. The normalized spacial score (nSPS) is 22.5. The molecule has 2 aromatic carbocycles. The molecule has 2 atom stereocenters. The van der Waals surface area contributed by atoms with Crippen LogP contribution in [0.1, 0.15) is 30.4 Å². The summed E-state index contributed by atoms with van der Waals surface area (Å²) in [6, 6.07) is 15.2. The molecule has 0 amide bonds. The molecule has 7 heteroatoms. The van der Waals surface area contributed by atoms with Gasteiger partial charge in [0, 0.05) is 20.1 Å². The summed E-state index contributed by atoms with van der Waals surface area (Å²) < 4.78 is 41.9. The fraction of sp³-hybridized carbons (Fsp3) is 0.286. The Morgan fingerprint density at radius 3 is 2.21 bits per heavy atom. The molecule has 5 nitrogen and oxygen atoms in total. The molecule has 2 aromatic rings. The first-order valence-electron chi connectivity index (χ1n) is 8.88. The van der Waals surface area contributed by atoms with Crippen molar-refractivity contribution in [3.63, 3.8) is 0 Å². The molecule has 0 saturated carbocycles. The van der Waals surface area contributed by atoms with Crippen LogP contribution in [0.25, 0.3) is 0 Å². The SMILES string of the molecule is CC[C@@]1(c2ccc(F)cc2)C(=O)OC(P(=O)(OC)OC)=C[C@@H]1c1ccccc1. The van der Waals surface area contributed by atoms with Crippen molar-refractivity contribution in [3.05, 3.63) is 83.1 Å². The monoisotopic (exact) mass is 404 g/mol. The van der Waals surface area contributed by atoms with Crippen LogP contribution in [-0.4, -0.2) is 20.2 Å². The van der Waals surface area contributed by atoms with Gasteiger partial charge in [0.05, 0.1) is 0 Å². The predicted octanol–water partition coefficient (Wildman–Crippen LogP) is 5.14. The predicted molar refractivity (Wildman–Crippen MR) is 103 cm³/mol. The molecular weight excluding hydrogens is 382 g/mol. The molecule has 0 aliphatic carbocycles. The van der Waals surface area contributed by atoms with E-state index in [-0.39, 0.29) is 5.50 Å². The number of rotatable bonds is 6. The third kappa shape index (κ3) is 3.32. The first-order valence-corrected chi connectivity index (χ1v) is 10.4. The van der Waals surface area contributed by atoms with Gasteiger partial charge in [0.1, 0.15) is 11.2 Å². The average molecular weight is 404 g/mol. The molecule has 0 spiro atoms. The highest BCUT2D eigenvalue weighted by atomic mass is 31.2. The lowest BCUT2D eigenvalue weighted by Gasteiger charge is -2.41. The first-order chi connectivity index (χ1) is 13.4. The number of hydrogen-bond donors (Lipinski definition) is 0. The highest BCUT2D eigenvalue weighted by Gasteiger charge is 2.52. The molecule has 0 bridgehead atoms. The fourth-order valence-corrected chi connectivity index (χ4v) is 4.72. The van der Waals surface area contributed by atoms with Gasteiger partial charge in [-0.25, -0.2) is 4.39 Å². The van der Waals surface area contributed by atoms with Gasteiger partial charge in [0.15, 0.2) is 0 Å². The molecule has 0 unspecified atom stereocenters. The third-order valence-electron chi connectivity index (χ3n) is 5.23. The van der Waals surface area contributed by atoms with E-state index in [9.17, 15) is 13.8 Å². The van der Waals surface area contributed by atoms with Crippen LogP contribution < -0.4 is 0 Å². The summed E-state index contributed by atoms with van der Waals surface area (Å²) in [4.78, 5) is 13.3. The summed E-state index contributed by atoms with van der Waals surface area (Å²) in [5.41, 5.74) is 0.213. The van der Waals surface area contributed by atoms with Crippen molar-refractivity contribution in [2.24, 2.45) is 0 Å². The van der Waals surface area contributed by atoms with E-state index in [1.807, 2.05) is 37.3 Å². The molecule has 1 aliphatic heterocycles. The average Bonchev–Trinajstić information content (AvgIpc) is 2.74. The van der Waals surface area contributed by atoms with E-state index in [1.54, 1.807) is 18.2 Å². The molecule has 1 aliphatic rings. The van der Waals surface area contributed by atoms with Gasteiger partial charge < -0.3 is 13.8 Å². The minimum Gasteiger partial charge on any atom is -0.417 e. The molecule has 1 heterocycles. The van der Waals surface area contributed by atoms with E-state index < -0.39 is 30.7 Å². The molecule has 148 valence electrons. The van der Waals surface area contributed by atoms with Crippen molar-refractivity contribution in [2.75, 3.05) is 14.2 Å². The van der Waals surface area contributed by atoms with Crippen molar-refractivity contribution >= 4 is 13.6 Å². The summed E-state index contributed by atoms with van der Waals surface area (Å²) >= 11 is 0. The smallest absolute Gasteiger partial charge is 0.395 e. The van der Waals surface area contributed by atoms with Crippen molar-refractivity contribution in [3.8, 4) is 0 Å². The zero-order valence-corrected chi connectivity index (χ0v) is 16.8. The van der Waals surface area contributed by atoms with Crippen molar-refractivity contribution < 1.29 is 27.5 Å². The number of allylic oxidation sites excluding steroid dienone is 1. The lowest BCUT2D eigenvalue weighted by molar-refractivity contribution is -0.148. The van der Waals surface area contributed by atoms with Crippen LogP contribution in [0.2, 0.25) is 0 Å². The standard InChI is InChI=1S/C21H22FO5P/c1-4-21(16-10-12-17(22)13-11-16)18(15-8-6-5-7-9-15)14-19(27-20(21)23)28(24,25-2)26-3/h5-14,18H,4H2,1-3H3/t18-,21+/m1/s1. The van der Waals surface area contributed by atoms with Gasteiger partial charge in [-0.2, -0.15) is 0 Å². The van der Waals surface area contributed by atoms with Crippen molar-refractivity contribution in [1.29, 1.82) is 0 Å². The van der Waals surface area contributed by atoms with E-state index in [0.29, 0.717) is 12.0 Å². The van der Waals surface area contributed by atoms with Gasteiger partial charge in [-0.15, -0.1) is 0 Å². The Balaban J connectivity index is 2.26. The largest absolute Gasteiger partial charge is 0.417 e. The highest BCUT2D eigenvalue weighted by molar-refractivity contribution is 7.58. The van der Waals surface area contributed by atoms with E-state index in [4.69, 9.17) is 13.8 Å². The zero-order valence-electron chi connectivity index (χ0n) is 15.9. The molecule has 3 rings (SSSR count). The molecular formula is C21H22FO5P. The number of hydrogen-bond acceptors (Lipinski definition) is 5. The summed E-state index contributed by atoms with van der Waals surface area (Å²) in [7, 11) is -1.29. The Kier molecular flexibility index (Phi) is 5.84. The second-order valence-corrected chi connectivity index (χ2v) is 8.64. The van der Waals surface area contributed by atoms with Crippen LogP contribution in [0, 0.1) is 5.82 Å². The lowest BCUT2D eigenvalue weighted by atomic mass is 9.65. The lowest BCUT2D eigenvalue weighted by Crippen LogP contribution is -2.44. The quantitative estimate of drug-likeness (QED) is 0.493. The van der Waals surface area contributed by atoms with Crippen LogP contribution in [0.4, 0.5) is 4.39 Å². The molecule has 0 N–H and O–H groups in total. The van der Waals surface area contributed by atoms with Gasteiger partial charge in [0.2, 0.25) is 5.50 Å². The molecule has 0 saturated heterocycles. The summed E-state index contributed by atoms with van der Waals surface area (Å²) in [5.74, 6) is -1.48. The topological polar surface area (TPSA) is 61.8 Å². The highest BCUT2D eigenvalue weighted by Crippen LogP contribution is 2.60. The molecule has 28 heavy (non-hydrogen) atoms. The van der Waals surface area contributed by atoms with Crippen LogP contribution in [0.5, 0.6) is 0 Å². The molecule has 0 radical (unpaired) electrons. The third-order valence-corrected chi connectivity index (χ3v) is 6.97. The second kappa shape index (κ2) is 8.00. The van der Waals surface area contributed by atoms with Crippen LogP contribution in [0.3, 0.4) is 0 Å². The van der Waals surface area contributed by atoms with Crippen LogP contribution in [-0.2, 0) is 28.6 Å². The van der Waals surface area contributed by atoms with E-state index in [2.05, 4.69) is 0 Å². The summed E-state index contributed by atoms with van der Waals surface area (Å²) in [5, 5.41) is 0.